The number of thiophene rings is 1. The van der Waals surface area contributed by atoms with Crippen LogP contribution in [0.1, 0.15) is 24.4 Å². The number of halogens is 2. The zero-order chi connectivity index (χ0) is 15.0. The molecule has 0 bridgehead atoms. The summed E-state index contributed by atoms with van der Waals surface area (Å²) in [7, 11) is -3.63. The molecule has 1 fully saturated rings. The summed E-state index contributed by atoms with van der Waals surface area (Å²) in [5.41, 5.74) is 0.432. The first kappa shape index (κ1) is 15.0. The van der Waals surface area contributed by atoms with Gasteiger partial charge in [0.05, 0.1) is 10.4 Å². The zero-order valence-corrected chi connectivity index (χ0v) is 13.4. The molecule has 7 heteroatoms. The molecule has 1 saturated heterocycles. The molecule has 0 radical (unpaired) electrons. The van der Waals surface area contributed by atoms with Crippen LogP contribution in [0.25, 0.3) is 0 Å². The van der Waals surface area contributed by atoms with E-state index >= 15 is 0 Å². The maximum atomic E-state index is 14.0. The first-order chi connectivity index (χ1) is 10.00. The van der Waals surface area contributed by atoms with Crippen LogP contribution in [0, 0.1) is 5.82 Å². The van der Waals surface area contributed by atoms with E-state index in [9.17, 15) is 12.8 Å². The molecule has 0 amide bonds. The van der Waals surface area contributed by atoms with Crippen molar-refractivity contribution in [2.45, 2.75) is 23.1 Å². The maximum absolute atomic E-state index is 14.0. The minimum absolute atomic E-state index is 0.204. The monoisotopic (exact) mass is 345 g/mol. The topological polar surface area (TPSA) is 37.4 Å². The molecule has 2 aromatic rings. The van der Waals surface area contributed by atoms with Crippen LogP contribution in [0.3, 0.4) is 0 Å². The summed E-state index contributed by atoms with van der Waals surface area (Å²) in [5, 5.41) is 0. The predicted octanol–water partition coefficient (Wildman–Crippen LogP) is 4.07. The number of hydrogen-bond donors (Lipinski definition) is 0. The fourth-order valence-corrected chi connectivity index (χ4v) is 5.92. The van der Waals surface area contributed by atoms with Crippen LogP contribution in [0.2, 0.25) is 4.34 Å². The molecule has 1 atom stereocenters. The molecule has 3 rings (SSSR count). The summed E-state index contributed by atoms with van der Waals surface area (Å²) in [6.07, 6.45) is 1.34. The molecule has 0 spiro atoms. The lowest BCUT2D eigenvalue weighted by Gasteiger charge is -2.24. The lowest BCUT2D eigenvalue weighted by atomic mass is 10.1. The molecule has 0 N–H and O–H groups in total. The van der Waals surface area contributed by atoms with Crippen LogP contribution in [-0.2, 0) is 10.0 Å². The van der Waals surface area contributed by atoms with E-state index in [0.29, 0.717) is 22.9 Å². The molecular formula is C14H13ClFNO2S2. The second-order valence-corrected chi connectivity index (χ2v) is 8.69. The van der Waals surface area contributed by atoms with Gasteiger partial charge in [0.1, 0.15) is 10.0 Å². The Bertz CT molecular complexity index is 760. The molecule has 0 saturated carbocycles. The van der Waals surface area contributed by atoms with Gasteiger partial charge in [0.15, 0.2) is 0 Å². The van der Waals surface area contributed by atoms with Crippen LogP contribution in [0.15, 0.2) is 40.6 Å². The van der Waals surface area contributed by atoms with Crippen LogP contribution >= 0.6 is 22.9 Å². The van der Waals surface area contributed by atoms with E-state index in [-0.39, 0.29) is 10.0 Å². The lowest BCUT2D eigenvalue weighted by Crippen LogP contribution is -2.30. The number of benzene rings is 1. The molecule has 1 aliphatic heterocycles. The number of hydrogen-bond acceptors (Lipinski definition) is 3. The van der Waals surface area contributed by atoms with Gasteiger partial charge in [0.25, 0.3) is 10.0 Å². The van der Waals surface area contributed by atoms with E-state index in [2.05, 4.69) is 0 Å². The van der Waals surface area contributed by atoms with E-state index in [0.717, 1.165) is 17.8 Å². The third-order valence-corrected chi connectivity index (χ3v) is 7.19. The van der Waals surface area contributed by atoms with Crippen molar-refractivity contribution in [2.24, 2.45) is 0 Å². The Labute approximate surface area is 132 Å². The number of sulfonamides is 1. The SMILES string of the molecule is O=S(=O)(c1ccc(Cl)s1)N1CCC[C@H]1c1ccccc1F. The van der Waals surface area contributed by atoms with Crippen LogP contribution < -0.4 is 0 Å². The predicted molar refractivity (Wildman–Crippen MR) is 81.6 cm³/mol. The second-order valence-electron chi connectivity index (χ2n) is 4.85. The van der Waals surface area contributed by atoms with Crippen molar-refractivity contribution in [1.82, 2.24) is 4.31 Å². The van der Waals surface area contributed by atoms with Crippen LogP contribution in [0.4, 0.5) is 4.39 Å². The maximum Gasteiger partial charge on any atom is 0.253 e. The van der Waals surface area contributed by atoms with Crippen molar-refractivity contribution in [2.75, 3.05) is 6.54 Å². The van der Waals surface area contributed by atoms with E-state index in [1.165, 1.54) is 16.4 Å². The molecule has 2 heterocycles. The molecule has 1 aromatic heterocycles. The summed E-state index contributed by atoms with van der Waals surface area (Å²) in [4.78, 5) is 0. The quantitative estimate of drug-likeness (QED) is 0.841. The highest BCUT2D eigenvalue weighted by Gasteiger charge is 2.37. The Balaban J connectivity index is 2.00. The molecule has 0 aliphatic carbocycles. The van der Waals surface area contributed by atoms with Crippen molar-refractivity contribution >= 4 is 33.0 Å². The highest BCUT2D eigenvalue weighted by Crippen LogP contribution is 2.39. The molecule has 0 unspecified atom stereocenters. The third kappa shape index (κ3) is 2.73. The van der Waals surface area contributed by atoms with Crippen molar-refractivity contribution in [3.05, 3.63) is 52.1 Å². The van der Waals surface area contributed by atoms with Gasteiger partial charge in [-0.3, -0.25) is 0 Å². The second kappa shape index (κ2) is 5.68. The van der Waals surface area contributed by atoms with E-state index in [4.69, 9.17) is 11.6 Å². The number of nitrogens with zero attached hydrogens (tertiary/aromatic N) is 1. The van der Waals surface area contributed by atoms with Crippen molar-refractivity contribution in [3.63, 3.8) is 0 Å². The lowest BCUT2D eigenvalue weighted by molar-refractivity contribution is 0.387. The van der Waals surface area contributed by atoms with Gasteiger partial charge in [0, 0.05) is 12.1 Å². The van der Waals surface area contributed by atoms with Crippen molar-refractivity contribution < 1.29 is 12.8 Å². The smallest absolute Gasteiger partial charge is 0.207 e. The van der Waals surface area contributed by atoms with Gasteiger partial charge >= 0.3 is 0 Å². The molecule has 3 nitrogen and oxygen atoms in total. The molecular weight excluding hydrogens is 333 g/mol. The first-order valence-corrected chi connectivity index (χ1v) is 9.15. The summed E-state index contributed by atoms with van der Waals surface area (Å²) < 4.78 is 41.4. The minimum Gasteiger partial charge on any atom is -0.207 e. The Hall–Kier alpha value is -0.950. The summed E-state index contributed by atoms with van der Waals surface area (Å²) >= 11 is 6.85. The van der Waals surface area contributed by atoms with Crippen LogP contribution in [-0.4, -0.2) is 19.3 Å². The Morgan fingerprint density at radius 3 is 2.67 bits per heavy atom. The molecule has 112 valence electrons. The highest BCUT2D eigenvalue weighted by molar-refractivity contribution is 7.91. The zero-order valence-electron chi connectivity index (χ0n) is 11.0. The molecule has 1 aromatic carbocycles. The van der Waals surface area contributed by atoms with Gasteiger partial charge in [-0.15, -0.1) is 11.3 Å². The summed E-state index contributed by atoms with van der Waals surface area (Å²) in [5.74, 6) is -0.367. The highest BCUT2D eigenvalue weighted by atomic mass is 35.5. The summed E-state index contributed by atoms with van der Waals surface area (Å²) in [6.45, 7) is 0.400. The minimum atomic E-state index is -3.63. The van der Waals surface area contributed by atoms with Gasteiger partial charge in [-0.2, -0.15) is 4.31 Å². The van der Waals surface area contributed by atoms with Crippen molar-refractivity contribution in [3.8, 4) is 0 Å². The normalized spacial score (nSPS) is 20.0. The van der Waals surface area contributed by atoms with Gasteiger partial charge in [-0.05, 0) is 31.0 Å². The first-order valence-electron chi connectivity index (χ1n) is 6.52. The van der Waals surface area contributed by atoms with Gasteiger partial charge in [-0.25, -0.2) is 12.8 Å². The van der Waals surface area contributed by atoms with Crippen molar-refractivity contribution in [1.29, 1.82) is 0 Å². The standard InChI is InChI=1S/C14H13ClFNO2S2/c15-13-7-8-14(20-13)21(18,19)17-9-3-6-12(17)10-4-1-2-5-11(10)16/h1-2,4-5,7-8,12H,3,6,9H2/t12-/m0/s1. The Kier molecular flexibility index (Phi) is 4.05. The fourth-order valence-electron chi connectivity index (χ4n) is 2.64. The van der Waals surface area contributed by atoms with E-state index in [1.807, 2.05) is 0 Å². The van der Waals surface area contributed by atoms with Gasteiger partial charge < -0.3 is 0 Å². The fraction of sp³-hybridized carbons (Fsp3) is 0.286. The Morgan fingerprint density at radius 1 is 1.24 bits per heavy atom. The van der Waals surface area contributed by atoms with E-state index < -0.39 is 16.1 Å². The largest absolute Gasteiger partial charge is 0.253 e. The summed E-state index contributed by atoms with van der Waals surface area (Å²) in [6, 6.07) is 8.95. The van der Waals surface area contributed by atoms with Gasteiger partial charge in [0.2, 0.25) is 0 Å². The molecule has 21 heavy (non-hydrogen) atoms. The van der Waals surface area contributed by atoms with Crippen LogP contribution in [0.5, 0.6) is 0 Å². The van der Waals surface area contributed by atoms with Gasteiger partial charge in [-0.1, -0.05) is 29.8 Å². The average Bonchev–Trinajstić information content (AvgIpc) is 3.08. The van der Waals surface area contributed by atoms with E-state index in [1.54, 1.807) is 24.3 Å². The third-order valence-electron chi connectivity index (χ3n) is 3.58. The Morgan fingerprint density at radius 2 is 2.00 bits per heavy atom. The molecule has 1 aliphatic rings. The average molecular weight is 346 g/mol. The number of rotatable bonds is 3.